The van der Waals surface area contributed by atoms with Crippen LogP contribution in [-0.2, 0) is 0 Å². The largest absolute Gasteiger partial charge is 0.451 e. The Balaban J connectivity index is 1.40. The Bertz CT molecular complexity index is 683. The van der Waals surface area contributed by atoms with Crippen molar-refractivity contribution in [3.8, 4) is 0 Å². The SMILES string of the molecule is O=C(c1cc2ccccc2o1)N1CCC[C@H](CN2CCCCCC2)C1. The molecule has 0 radical (unpaired) electrons. The molecule has 25 heavy (non-hydrogen) atoms. The summed E-state index contributed by atoms with van der Waals surface area (Å²) in [7, 11) is 0. The Labute approximate surface area is 149 Å². The summed E-state index contributed by atoms with van der Waals surface area (Å²) in [6.07, 6.45) is 7.74. The highest BCUT2D eigenvalue weighted by Crippen LogP contribution is 2.24. The lowest BCUT2D eigenvalue weighted by Gasteiger charge is -2.35. The van der Waals surface area contributed by atoms with Crippen LogP contribution in [0.2, 0.25) is 0 Å². The maximum atomic E-state index is 12.9. The van der Waals surface area contributed by atoms with E-state index in [9.17, 15) is 4.79 Å². The average Bonchev–Trinajstić information content (AvgIpc) is 2.92. The Morgan fingerprint density at radius 3 is 2.64 bits per heavy atom. The molecular formula is C21H28N2O2. The summed E-state index contributed by atoms with van der Waals surface area (Å²) in [5.41, 5.74) is 0.795. The monoisotopic (exact) mass is 340 g/mol. The maximum absolute atomic E-state index is 12.9. The zero-order valence-electron chi connectivity index (χ0n) is 15.0. The van der Waals surface area contributed by atoms with Gasteiger partial charge in [-0.05, 0) is 56.8 Å². The van der Waals surface area contributed by atoms with E-state index >= 15 is 0 Å². The molecule has 0 N–H and O–H groups in total. The van der Waals surface area contributed by atoms with E-state index in [-0.39, 0.29) is 5.91 Å². The van der Waals surface area contributed by atoms with Crippen molar-refractivity contribution in [3.05, 3.63) is 36.1 Å². The van der Waals surface area contributed by atoms with Crippen molar-refractivity contribution in [1.82, 2.24) is 9.80 Å². The number of piperidine rings is 1. The zero-order valence-corrected chi connectivity index (χ0v) is 15.0. The summed E-state index contributed by atoms with van der Waals surface area (Å²) in [4.78, 5) is 17.5. The second-order valence-electron chi connectivity index (χ2n) is 7.62. The first-order valence-corrected chi connectivity index (χ1v) is 9.80. The summed E-state index contributed by atoms with van der Waals surface area (Å²) in [6.45, 7) is 5.32. The molecule has 2 aromatic rings. The maximum Gasteiger partial charge on any atom is 0.289 e. The van der Waals surface area contributed by atoms with Crippen LogP contribution < -0.4 is 0 Å². The third kappa shape index (κ3) is 3.90. The summed E-state index contributed by atoms with van der Waals surface area (Å²) in [5.74, 6) is 1.13. The first-order valence-electron chi connectivity index (χ1n) is 9.80. The molecule has 0 spiro atoms. The number of para-hydroxylation sites is 1. The molecule has 2 fully saturated rings. The van der Waals surface area contributed by atoms with Gasteiger partial charge in [0, 0.05) is 25.0 Å². The molecule has 1 aromatic heterocycles. The van der Waals surface area contributed by atoms with Gasteiger partial charge in [-0.1, -0.05) is 31.0 Å². The highest BCUT2D eigenvalue weighted by molar-refractivity contribution is 5.96. The molecule has 3 heterocycles. The van der Waals surface area contributed by atoms with E-state index in [4.69, 9.17) is 4.42 Å². The van der Waals surface area contributed by atoms with Crippen LogP contribution in [0.4, 0.5) is 0 Å². The summed E-state index contributed by atoms with van der Waals surface area (Å²) in [5, 5.41) is 1.00. The number of benzene rings is 1. The Hall–Kier alpha value is -1.81. The van der Waals surface area contributed by atoms with Gasteiger partial charge in [0.2, 0.25) is 0 Å². The lowest BCUT2D eigenvalue weighted by atomic mass is 9.97. The minimum absolute atomic E-state index is 0.0526. The lowest BCUT2D eigenvalue weighted by Crippen LogP contribution is -2.43. The van der Waals surface area contributed by atoms with Crippen LogP contribution in [0.1, 0.15) is 49.1 Å². The Morgan fingerprint density at radius 1 is 1.04 bits per heavy atom. The van der Waals surface area contributed by atoms with Gasteiger partial charge < -0.3 is 14.2 Å². The van der Waals surface area contributed by atoms with E-state index in [1.54, 1.807) is 0 Å². The van der Waals surface area contributed by atoms with Crippen LogP contribution in [0.25, 0.3) is 11.0 Å². The molecule has 0 bridgehead atoms. The third-order valence-electron chi connectivity index (χ3n) is 5.66. The summed E-state index contributed by atoms with van der Waals surface area (Å²) < 4.78 is 5.78. The number of furan rings is 1. The number of fused-ring (bicyclic) bond motifs is 1. The van der Waals surface area contributed by atoms with Gasteiger partial charge in [-0.25, -0.2) is 0 Å². The highest BCUT2D eigenvalue weighted by atomic mass is 16.3. The smallest absolute Gasteiger partial charge is 0.289 e. The zero-order chi connectivity index (χ0) is 17.1. The number of carbonyl (C=O) groups excluding carboxylic acids is 1. The number of carbonyl (C=O) groups is 1. The molecule has 4 heteroatoms. The predicted molar refractivity (Wildman–Crippen MR) is 99.7 cm³/mol. The van der Waals surface area contributed by atoms with Gasteiger partial charge in [0.15, 0.2) is 5.76 Å². The molecule has 0 saturated carbocycles. The predicted octanol–water partition coefficient (Wildman–Crippen LogP) is 4.16. The van der Waals surface area contributed by atoms with Gasteiger partial charge in [-0.15, -0.1) is 0 Å². The molecule has 1 amide bonds. The molecule has 2 aliphatic heterocycles. The van der Waals surface area contributed by atoms with E-state index in [0.29, 0.717) is 11.7 Å². The topological polar surface area (TPSA) is 36.7 Å². The first kappa shape index (κ1) is 16.6. The van der Waals surface area contributed by atoms with Gasteiger partial charge in [-0.3, -0.25) is 4.79 Å². The molecule has 2 aliphatic rings. The van der Waals surface area contributed by atoms with E-state index in [2.05, 4.69) is 4.90 Å². The normalized spacial score (nSPS) is 22.9. The molecule has 1 atom stereocenters. The van der Waals surface area contributed by atoms with E-state index in [1.165, 1.54) is 45.2 Å². The molecule has 0 aliphatic carbocycles. The fourth-order valence-electron chi connectivity index (χ4n) is 4.33. The highest BCUT2D eigenvalue weighted by Gasteiger charge is 2.27. The van der Waals surface area contributed by atoms with Crippen LogP contribution in [-0.4, -0.2) is 48.4 Å². The van der Waals surface area contributed by atoms with Crippen molar-refractivity contribution in [3.63, 3.8) is 0 Å². The Kier molecular flexibility index (Phi) is 5.07. The number of likely N-dealkylation sites (tertiary alicyclic amines) is 2. The van der Waals surface area contributed by atoms with Crippen molar-refractivity contribution in [2.45, 2.75) is 38.5 Å². The number of nitrogens with zero attached hydrogens (tertiary/aromatic N) is 2. The van der Waals surface area contributed by atoms with E-state index < -0.39 is 0 Å². The quantitative estimate of drug-likeness (QED) is 0.842. The van der Waals surface area contributed by atoms with Crippen molar-refractivity contribution in [2.24, 2.45) is 5.92 Å². The fourth-order valence-corrected chi connectivity index (χ4v) is 4.33. The Morgan fingerprint density at radius 2 is 1.84 bits per heavy atom. The molecule has 0 unspecified atom stereocenters. The molecule has 4 rings (SSSR count). The minimum Gasteiger partial charge on any atom is -0.451 e. The van der Waals surface area contributed by atoms with Gasteiger partial charge in [0.25, 0.3) is 5.91 Å². The number of rotatable bonds is 3. The minimum atomic E-state index is 0.0526. The van der Waals surface area contributed by atoms with E-state index in [0.717, 1.165) is 37.0 Å². The fraction of sp³-hybridized carbons (Fsp3) is 0.571. The van der Waals surface area contributed by atoms with Crippen LogP contribution in [0.5, 0.6) is 0 Å². The van der Waals surface area contributed by atoms with Gasteiger partial charge in [0.1, 0.15) is 5.58 Å². The second-order valence-corrected chi connectivity index (χ2v) is 7.62. The van der Waals surface area contributed by atoms with Crippen molar-refractivity contribution in [1.29, 1.82) is 0 Å². The summed E-state index contributed by atoms with van der Waals surface area (Å²) >= 11 is 0. The lowest BCUT2D eigenvalue weighted by molar-refractivity contribution is 0.0612. The molecule has 1 aromatic carbocycles. The van der Waals surface area contributed by atoms with Crippen LogP contribution in [0, 0.1) is 5.92 Å². The van der Waals surface area contributed by atoms with Crippen molar-refractivity contribution in [2.75, 3.05) is 32.7 Å². The van der Waals surface area contributed by atoms with E-state index in [1.807, 2.05) is 35.2 Å². The van der Waals surface area contributed by atoms with Crippen molar-refractivity contribution < 1.29 is 9.21 Å². The number of hydrogen-bond donors (Lipinski definition) is 0. The third-order valence-corrected chi connectivity index (χ3v) is 5.66. The first-order chi connectivity index (χ1) is 12.3. The molecule has 2 saturated heterocycles. The van der Waals surface area contributed by atoms with Crippen molar-refractivity contribution >= 4 is 16.9 Å². The molecule has 4 nitrogen and oxygen atoms in total. The van der Waals surface area contributed by atoms with Crippen LogP contribution in [0.15, 0.2) is 34.7 Å². The second kappa shape index (κ2) is 7.61. The van der Waals surface area contributed by atoms with Gasteiger partial charge in [-0.2, -0.15) is 0 Å². The van der Waals surface area contributed by atoms with Crippen LogP contribution in [0.3, 0.4) is 0 Å². The van der Waals surface area contributed by atoms with Gasteiger partial charge in [0.05, 0.1) is 0 Å². The molecular weight excluding hydrogens is 312 g/mol. The number of amides is 1. The standard InChI is InChI=1S/C21H28N2O2/c24-21(20-14-18-9-3-4-10-19(18)25-20)23-13-7-8-17(16-23)15-22-11-5-1-2-6-12-22/h3-4,9-10,14,17H,1-2,5-8,11-13,15-16H2/t17-/m1/s1. The average molecular weight is 340 g/mol. The summed E-state index contributed by atoms with van der Waals surface area (Å²) in [6, 6.07) is 9.72. The van der Waals surface area contributed by atoms with Gasteiger partial charge >= 0.3 is 0 Å². The van der Waals surface area contributed by atoms with Crippen LogP contribution >= 0.6 is 0 Å². The number of hydrogen-bond acceptors (Lipinski definition) is 3. The molecule has 134 valence electrons.